The maximum absolute atomic E-state index is 12.3. The summed E-state index contributed by atoms with van der Waals surface area (Å²) < 4.78 is 16.9. The van der Waals surface area contributed by atoms with Crippen LogP contribution in [0.5, 0.6) is 23.0 Å². The molecule has 10 heteroatoms. The van der Waals surface area contributed by atoms with E-state index in [4.69, 9.17) is 14.2 Å². The minimum atomic E-state index is -0.384. The number of halogens is 1. The maximum atomic E-state index is 12.3. The van der Waals surface area contributed by atoms with Gasteiger partial charge in [0.1, 0.15) is 10.8 Å². The van der Waals surface area contributed by atoms with Crippen molar-refractivity contribution in [2.24, 2.45) is 0 Å². The number of hydrogen-bond acceptors (Lipinski definition) is 8. The van der Waals surface area contributed by atoms with Crippen LogP contribution in [-0.2, 0) is 0 Å². The smallest absolute Gasteiger partial charge is 0.257 e. The number of hydrogen-bond donors (Lipinski definition) is 2. The van der Waals surface area contributed by atoms with Crippen LogP contribution in [0.25, 0.3) is 12.2 Å². The third-order valence-electron chi connectivity index (χ3n) is 3.97. The van der Waals surface area contributed by atoms with Crippen LogP contribution in [0, 0.1) is 0 Å². The predicted molar refractivity (Wildman–Crippen MR) is 119 cm³/mol. The Morgan fingerprint density at radius 2 is 1.87 bits per heavy atom. The lowest BCUT2D eigenvalue weighted by molar-refractivity contribution is 0.102. The van der Waals surface area contributed by atoms with E-state index in [2.05, 4.69) is 31.4 Å². The number of aromatic nitrogens is 2. The number of methoxy groups -OCH3 is 3. The minimum Gasteiger partial charge on any atom is -0.508 e. The van der Waals surface area contributed by atoms with Crippen molar-refractivity contribution < 1.29 is 24.1 Å². The highest BCUT2D eigenvalue weighted by Crippen LogP contribution is 2.45. The fourth-order valence-corrected chi connectivity index (χ4v) is 3.82. The van der Waals surface area contributed by atoms with Crippen LogP contribution in [0.1, 0.15) is 20.9 Å². The monoisotopic (exact) mass is 491 g/mol. The van der Waals surface area contributed by atoms with E-state index in [1.54, 1.807) is 38.5 Å². The number of nitrogens with zero attached hydrogens (tertiary/aromatic N) is 2. The van der Waals surface area contributed by atoms with E-state index in [0.29, 0.717) is 37.4 Å². The average Bonchev–Trinajstić information content (AvgIpc) is 3.19. The maximum Gasteiger partial charge on any atom is 0.257 e. The number of carbonyl (C=O) groups is 1. The van der Waals surface area contributed by atoms with Crippen LogP contribution in [0.2, 0.25) is 0 Å². The minimum absolute atomic E-state index is 0.0134. The van der Waals surface area contributed by atoms with Gasteiger partial charge in [-0.3, -0.25) is 10.1 Å². The summed E-state index contributed by atoms with van der Waals surface area (Å²) in [4.78, 5) is 12.3. The summed E-state index contributed by atoms with van der Waals surface area (Å²) in [6.07, 6.45) is 3.57. The Morgan fingerprint density at radius 3 is 2.53 bits per heavy atom. The quantitative estimate of drug-likeness (QED) is 0.502. The molecule has 0 unspecified atom stereocenters. The van der Waals surface area contributed by atoms with Crippen LogP contribution in [0.3, 0.4) is 0 Å². The molecule has 0 aliphatic heterocycles. The lowest BCUT2D eigenvalue weighted by Gasteiger charge is -2.15. The zero-order valence-electron chi connectivity index (χ0n) is 16.3. The normalized spacial score (nSPS) is 10.8. The molecule has 3 aromatic rings. The molecule has 0 spiro atoms. The highest BCUT2D eigenvalue weighted by molar-refractivity contribution is 9.10. The summed E-state index contributed by atoms with van der Waals surface area (Å²) in [7, 11) is 4.63. The molecule has 2 N–H and O–H groups in total. The number of carbonyl (C=O) groups excluding carboxylic acids is 1. The van der Waals surface area contributed by atoms with E-state index in [0.717, 1.165) is 5.56 Å². The van der Waals surface area contributed by atoms with Gasteiger partial charge in [0.15, 0.2) is 11.5 Å². The summed E-state index contributed by atoms with van der Waals surface area (Å²) >= 11 is 4.72. The lowest BCUT2D eigenvalue weighted by atomic mass is 10.1. The molecule has 0 aliphatic carbocycles. The fourth-order valence-electron chi connectivity index (χ4n) is 2.59. The molecule has 30 heavy (non-hydrogen) atoms. The van der Waals surface area contributed by atoms with Crippen LogP contribution >= 0.6 is 27.3 Å². The molecule has 156 valence electrons. The second kappa shape index (κ2) is 9.59. The van der Waals surface area contributed by atoms with Gasteiger partial charge in [-0.15, -0.1) is 10.2 Å². The van der Waals surface area contributed by atoms with Crippen molar-refractivity contribution in [3.8, 4) is 23.0 Å². The number of phenols is 1. The van der Waals surface area contributed by atoms with Gasteiger partial charge in [0.25, 0.3) is 5.91 Å². The molecule has 0 aliphatic rings. The Bertz CT molecular complexity index is 1100. The molecule has 0 saturated heterocycles. The Balaban J connectivity index is 1.80. The molecule has 1 heterocycles. The van der Waals surface area contributed by atoms with Gasteiger partial charge in [-0.25, -0.2) is 0 Å². The number of ether oxygens (including phenoxy) is 3. The molecule has 2 aromatic carbocycles. The second-order valence-electron chi connectivity index (χ2n) is 5.83. The fraction of sp³-hybridized carbons (Fsp3) is 0.150. The SMILES string of the molecule is COc1cc(C=Cc2nnc(NC(=O)c3cccc(O)c3)s2)c(Br)c(OC)c1OC. The number of phenolic OH excluding ortho intramolecular Hbond substituents is 1. The van der Waals surface area contributed by atoms with Gasteiger partial charge >= 0.3 is 0 Å². The van der Waals surface area contributed by atoms with Gasteiger partial charge in [-0.05, 0) is 51.8 Å². The molecule has 0 fully saturated rings. The zero-order valence-corrected chi connectivity index (χ0v) is 18.7. The highest BCUT2D eigenvalue weighted by atomic mass is 79.9. The summed E-state index contributed by atoms with van der Waals surface area (Å²) in [5.41, 5.74) is 1.11. The highest BCUT2D eigenvalue weighted by Gasteiger charge is 2.18. The summed E-state index contributed by atoms with van der Waals surface area (Å²) in [6.45, 7) is 0. The van der Waals surface area contributed by atoms with Crippen molar-refractivity contribution in [3.63, 3.8) is 0 Å². The van der Waals surface area contributed by atoms with Crippen LogP contribution < -0.4 is 19.5 Å². The van der Waals surface area contributed by atoms with Crippen molar-refractivity contribution in [3.05, 3.63) is 50.9 Å². The number of anilines is 1. The van der Waals surface area contributed by atoms with Crippen molar-refractivity contribution in [2.75, 3.05) is 26.6 Å². The molecule has 0 saturated carbocycles. The van der Waals surface area contributed by atoms with E-state index in [1.807, 2.05) is 6.08 Å². The molecular weight excluding hydrogens is 474 g/mol. The van der Waals surface area contributed by atoms with Crippen molar-refractivity contribution in [1.82, 2.24) is 10.2 Å². The Kier molecular flexibility index (Phi) is 6.91. The van der Waals surface area contributed by atoms with E-state index in [1.165, 1.54) is 30.6 Å². The molecular formula is C20H18BrN3O5S. The summed E-state index contributed by atoms with van der Waals surface area (Å²) in [5.74, 6) is 1.14. The first-order chi connectivity index (χ1) is 14.5. The van der Waals surface area contributed by atoms with Crippen LogP contribution in [-0.4, -0.2) is 42.5 Å². The third-order valence-corrected chi connectivity index (χ3v) is 5.59. The summed E-state index contributed by atoms with van der Waals surface area (Å²) in [6, 6.07) is 7.85. The predicted octanol–water partition coefficient (Wildman–Crippen LogP) is 4.45. The third kappa shape index (κ3) is 4.71. The lowest BCUT2D eigenvalue weighted by Crippen LogP contribution is -2.11. The largest absolute Gasteiger partial charge is 0.508 e. The molecule has 0 atom stereocenters. The first kappa shape index (κ1) is 21.6. The number of nitrogens with one attached hydrogen (secondary N) is 1. The number of amides is 1. The standard InChI is InChI=1S/C20H18BrN3O5S/c1-27-14-10-11(16(21)18(29-3)17(14)28-2)7-8-15-23-24-20(30-15)22-19(26)12-5-4-6-13(25)9-12/h4-10,25H,1-3H3,(H,22,24,26). The molecule has 1 aromatic heterocycles. The van der Waals surface area contributed by atoms with E-state index in [9.17, 15) is 9.90 Å². The number of rotatable bonds is 7. The van der Waals surface area contributed by atoms with E-state index >= 15 is 0 Å². The second-order valence-corrected chi connectivity index (χ2v) is 7.63. The zero-order chi connectivity index (χ0) is 21.7. The number of benzene rings is 2. The van der Waals surface area contributed by atoms with Gasteiger partial charge in [0, 0.05) is 5.56 Å². The van der Waals surface area contributed by atoms with Crippen molar-refractivity contribution in [2.45, 2.75) is 0 Å². The molecule has 0 bridgehead atoms. The molecule has 3 rings (SSSR count). The first-order valence-corrected chi connectivity index (χ1v) is 10.2. The molecule has 8 nitrogen and oxygen atoms in total. The average molecular weight is 492 g/mol. The van der Waals surface area contributed by atoms with E-state index < -0.39 is 0 Å². The molecule has 0 radical (unpaired) electrons. The van der Waals surface area contributed by atoms with Crippen LogP contribution in [0.4, 0.5) is 5.13 Å². The van der Waals surface area contributed by atoms with Gasteiger partial charge in [-0.2, -0.15) is 0 Å². The Morgan fingerprint density at radius 1 is 1.10 bits per heavy atom. The first-order valence-electron chi connectivity index (χ1n) is 8.57. The summed E-state index contributed by atoms with van der Waals surface area (Å²) in [5, 5.41) is 21.1. The number of aromatic hydroxyl groups is 1. The molecule has 1 amide bonds. The van der Waals surface area contributed by atoms with Crippen molar-refractivity contribution in [1.29, 1.82) is 0 Å². The van der Waals surface area contributed by atoms with Gasteiger partial charge in [0.05, 0.1) is 25.8 Å². The van der Waals surface area contributed by atoms with Crippen molar-refractivity contribution >= 4 is 50.5 Å². The topological polar surface area (TPSA) is 103 Å². The van der Waals surface area contributed by atoms with Crippen LogP contribution in [0.15, 0.2) is 34.8 Å². The van der Waals surface area contributed by atoms with Gasteiger partial charge in [-0.1, -0.05) is 23.5 Å². The van der Waals surface area contributed by atoms with Gasteiger partial charge < -0.3 is 19.3 Å². The van der Waals surface area contributed by atoms with Gasteiger partial charge in [0.2, 0.25) is 10.9 Å². The Hall–Kier alpha value is -3.11. The Labute approximate surface area is 185 Å². The van der Waals surface area contributed by atoms with E-state index in [-0.39, 0.29) is 11.7 Å².